The van der Waals surface area contributed by atoms with Crippen molar-refractivity contribution in [1.82, 2.24) is 4.57 Å². The Balaban J connectivity index is 2.11. The molecule has 0 saturated heterocycles. The molecule has 0 amide bonds. The van der Waals surface area contributed by atoms with Crippen LogP contribution in [0.15, 0.2) is 35.1 Å². The van der Waals surface area contributed by atoms with Crippen LogP contribution in [0.1, 0.15) is 24.5 Å². The van der Waals surface area contributed by atoms with Gasteiger partial charge in [0, 0.05) is 41.6 Å². The van der Waals surface area contributed by atoms with Crippen LogP contribution in [-0.4, -0.2) is 9.49 Å². The fourth-order valence-electron chi connectivity index (χ4n) is 2.18. The molecule has 5 nitrogen and oxygen atoms in total. The number of halogens is 1. The Kier molecular flexibility index (Phi) is 5.01. The predicted molar refractivity (Wildman–Crippen MR) is 87.6 cm³/mol. The second kappa shape index (κ2) is 6.76. The lowest BCUT2D eigenvalue weighted by atomic mass is 10.2. The summed E-state index contributed by atoms with van der Waals surface area (Å²) in [4.78, 5) is 10.6. The Morgan fingerprint density at radius 1 is 1.43 bits per heavy atom. The zero-order valence-electron chi connectivity index (χ0n) is 12.1. The van der Waals surface area contributed by atoms with Gasteiger partial charge < -0.3 is 9.88 Å². The van der Waals surface area contributed by atoms with Crippen molar-refractivity contribution in [1.29, 1.82) is 0 Å². The molecule has 0 aliphatic rings. The average Bonchev–Trinajstić information content (AvgIpc) is 2.85. The van der Waals surface area contributed by atoms with Gasteiger partial charge >= 0.3 is 0 Å². The van der Waals surface area contributed by atoms with Gasteiger partial charge in [-0.3, -0.25) is 10.1 Å². The normalized spacial score (nSPS) is 10.6. The van der Waals surface area contributed by atoms with Crippen LogP contribution in [0, 0.1) is 17.0 Å². The maximum Gasteiger partial charge on any atom is 0.274 e. The van der Waals surface area contributed by atoms with Crippen molar-refractivity contribution < 1.29 is 4.92 Å². The van der Waals surface area contributed by atoms with Gasteiger partial charge in [0.25, 0.3) is 5.69 Å². The van der Waals surface area contributed by atoms with Crippen molar-refractivity contribution in [2.24, 2.45) is 0 Å². The summed E-state index contributed by atoms with van der Waals surface area (Å²) in [6.07, 6.45) is 5.23. The van der Waals surface area contributed by atoms with Crippen LogP contribution < -0.4 is 5.32 Å². The summed E-state index contributed by atoms with van der Waals surface area (Å²) in [5, 5.41) is 14.2. The second-order valence-electron chi connectivity index (χ2n) is 4.99. The van der Waals surface area contributed by atoms with Gasteiger partial charge in [-0.25, -0.2) is 0 Å². The summed E-state index contributed by atoms with van der Waals surface area (Å²) in [5.74, 6) is 0. The molecule has 2 rings (SSSR count). The Morgan fingerprint density at radius 2 is 2.19 bits per heavy atom. The fourth-order valence-corrected chi connectivity index (χ4v) is 2.78. The third-order valence-corrected chi connectivity index (χ3v) is 3.91. The molecule has 112 valence electrons. The van der Waals surface area contributed by atoms with Crippen molar-refractivity contribution >= 4 is 27.3 Å². The molecule has 0 saturated carbocycles. The van der Waals surface area contributed by atoms with E-state index in [0.29, 0.717) is 12.1 Å². The largest absolute Gasteiger partial charge is 0.380 e. The predicted octanol–water partition coefficient (Wildman–Crippen LogP) is 4.49. The third kappa shape index (κ3) is 3.85. The molecule has 1 aromatic heterocycles. The molecule has 0 radical (unpaired) electrons. The van der Waals surface area contributed by atoms with Crippen LogP contribution in [0.3, 0.4) is 0 Å². The Labute approximate surface area is 132 Å². The number of hydrogen-bond acceptors (Lipinski definition) is 3. The summed E-state index contributed by atoms with van der Waals surface area (Å²) in [6.45, 7) is 5.51. The minimum absolute atomic E-state index is 0.129. The first-order valence-electron chi connectivity index (χ1n) is 6.84. The second-order valence-corrected chi connectivity index (χ2v) is 5.84. The van der Waals surface area contributed by atoms with Crippen LogP contribution >= 0.6 is 15.9 Å². The Bertz CT molecular complexity index is 652. The van der Waals surface area contributed by atoms with Gasteiger partial charge in [0.15, 0.2) is 0 Å². The minimum Gasteiger partial charge on any atom is -0.380 e. The van der Waals surface area contributed by atoms with Gasteiger partial charge in [0.2, 0.25) is 0 Å². The minimum atomic E-state index is -0.356. The number of hydrogen-bond donors (Lipinski definition) is 1. The average molecular weight is 352 g/mol. The van der Waals surface area contributed by atoms with Gasteiger partial charge in [-0.1, -0.05) is 6.92 Å². The summed E-state index contributed by atoms with van der Waals surface area (Å²) in [5.41, 5.74) is 2.66. The van der Waals surface area contributed by atoms with Crippen molar-refractivity contribution in [2.75, 3.05) is 5.32 Å². The van der Waals surface area contributed by atoms with E-state index in [2.05, 4.69) is 45.0 Å². The molecular formula is C15H18BrN3O2. The van der Waals surface area contributed by atoms with Crippen LogP contribution in [0.25, 0.3) is 0 Å². The highest BCUT2D eigenvalue weighted by molar-refractivity contribution is 9.10. The van der Waals surface area contributed by atoms with E-state index in [-0.39, 0.29) is 10.6 Å². The molecule has 21 heavy (non-hydrogen) atoms. The molecule has 0 unspecified atom stereocenters. The lowest BCUT2D eigenvalue weighted by molar-refractivity contribution is -0.385. The van der Waals surface area contributed by atoms with Gasteiger partial charge in [0.05, 0.1) is 10.6 Å². The van der Waals surface area contributed by atoms with Crippen LogP contribution in [-0.2, 0) is 13.1 Å². The van der Waals surface area contributed by atoms with Crippen LogP contribution in [0.4, 0.5) is 11.4 Å². The zero-order chi connectivity index (χ0) is 15.4. The van der Waals surface area contributed by atoms with E-state index < -0.39 is 0 Å². The molecule has 0 atom stereocenters. The smallest absolute Gasteiger partial charge is 0.274 e. The number of benzene rings is 1. The summed E-state index contributed by atoms with van der Waals surface area (Å²) in [7, 11) is 0. The first-order chi connectivity index (χ1) is 10.0. The highest BCUT2D eigenvalue weighted by Crippen LogP contribution is 2.30. The topological polar surface area (TPSA) is 60.1 Å². The third-order valence-electron chi connectivity index (χ3n) is 3.26. The van der Waals surface area contributed by atoms with Crippen molar-refractivity contribution in [3.05, 3.63) is 56.3 Å². The number of aryl methyl sites for hydroxylation is 2. The number of nitrogens with one attached hydrogen (secondary N) is 1. The van der Waals surface area contributed by atoms with Gasteiger partial charge in [-0.05, 0) is 47.0 Å². The summed E-state index contributed by atoms with van der Waals surface area (Å²) >= 11 is 3.44. The number of nitro groups is 1. The maximum absolute atomic E-state index is 11.0. The van der Waals surface area contributed by atoms with E-state index in [1.54, 1.807) is 19.1 Å². The fraction of sp³-hybridized carbons (Fsp3) is 0.333. The molecule has 0 aliphatic carbocycles. The van der Waals surface area contributed by atoms with E-state index >= 15 is 0 Å². The van der Waals surface area contributed by atoms with E-state index in [9.17, 15) is 10.1 Å². The number of aromatic nitrogens is 1. The highest BCUT2D eigenvalue weighted by Gasteiger charge is 2.14. The number of nitro benzene ring substituents is 1. The first kappa shape index (κ1) is 15.6. The Morgan fingerprint density at radius 3 is 2.86 bits per heavy atom. The molecule has 0 bridgehead atoms. The summed E-state index contributed by atoms with van der Waals surface area (Å²) in [6, 6.07) is 5.39. The van der Waals surface area contributed by atoms with Crippen LogP contribution in [0.5, 0.6) is 0 Å². The zero-order valence-corrected chi connectivity index (χ0v) is 13.7. The van der Waals surface area contributed by atoms with E-state index in [0.717, 1.165) is 28.7 Å². The molecule has 6 heteroatoms. The van der Waals surface area contributed by atoms with Crippen molar-refractivity contribution in [3.8, 4) is 0 Å². The molecule has 0 spiro atoms. The quantitative estimate of drug-likeness (QED) is 0.616. The first-order valence-corrected chi connectivity index (χ1v) is 7.63. The van der Waals surface area contributed by atoms with E-state index in [1.807, 2.05) is 6.20 Å². The van der Waals surface area contributed by atoms with Crippen LogP contribution in [0.2, 0.25) is 0 Å². The lowest BCUT2D eigenvalue weighted by Crippen LogP contribution is -2.01. The summed E-state index contributed by atoms with van der Waals surface area (Å²) < 4.78 is 2.97. The molecule has 0 fully saturated rings. The number of rotatable bonds is 6. The monoisotopic (exact) mass is 351 g/mol. The molecule has 2 aromatic rings. The highest BCUT2D eigenvalue weighted by atomic mass is 79.9. The SMILES string of the molecule is CCCn1ccc(CNc2cc([N+](=O)[O-])c(C)cc2Br)c1. The molecule has 1 heterocycles. The van der Waals surface area contributed by atoms with Gasteiger partial charge in [-0.15, -0.1) is 0 Å². The van der Waals surface area contributed by atoms with E-state index in [4.69, 9.17) is 0 Å². The number of nitrogens with zero attached hydrogens (tertiary/aromatic N) is 2. The maximum atomic E-state index is 11.0. The van der Waals surface area contributed by atoms with Crippen molar-refractivity contribution in [2.45, 2.75) is 33.4 Å². The number of anilines is 1. The van der Waals surface area contributed by atoms with Crippen molar-refractivity contribution in [3.63, 3.8) is 0 Å². The lowest BCUT2D eigenvalue weighted by Gasteiger charge is -2.09. The Hall–Kier alpha value is -1.82. The van der Waals surface area contributed by atoms with E-state index in [1.165, 1.54) is 0 Å². The molecule has 1 aromatic carbocycles. The van der Waals surface area contributed by atoms with Gasteiger partial charge in [0.1, 0.15) is 0 Å². The van der Waals surface area contributed by atoms with Gasteiger partial charge in [-0.2, -0.15) is 0 Å². The molecule has 1 N–H and O–H groups in total. The standard InChI is InChI=1S/C15H18BrN3O2/c1-3-5-18-6-4-12(10-18)9-17-14-8-15(19(20)21)11(2)7-13(14)16/h4,6-8,10,17H,3,5,9H2,1-2H3. The molecule has 0 aliphatic heterocycles. The molecular weight excluding hydrogens is 334 g/mol.